The number of guanidine groups is 1. The van der Waals surface area contributed by atoms with Crippen LogP contribution >= 0.6 is 0 Å². The van der Waals surface area contributed by atoms with Crippen molar-refractivity contribution in [3.8, 4) is 0 Å². The fraction of sp³-hybridized carbons (Fsp3) is 0.480. The smallest absolute Gasteiger partial charge is 0.416 e. The second-order valence-electron chi connectivity index (χ2n) is 9.39. The Morgan fingerprint density at radius 3 is 2.31 bits per heavy atom. The highest BCUT2D eigenvalue weighted by Gasteiger charge is 2.30. The maximum absolute atomic E-state index is 12.8. The Hall–Kier alpha value is -4.10. The van der Waals surface area contributed by atoms with Crippen LogP contribution in [0, 0.1) is 12.8 Å². The Balaban J connectivity index is 2.12. The number of aryl methyl sites for hydroxylation is 1. The van der Waals surface area contributed by atoms with Gasteiger partial charge >= 0.3 is 12.1 Å². The first kappa shape index (κ1) is 31.1. The van der Waals surface area contributed by atoms with E-state index in [2.05, 4.69) is 20.6 Å². The minimum absolute atomic E-state index is 0.0479. The van der Waals surface area contributed by atoms with Crippen LogP contribution in [0.1, 0.15) is 72.4 Å². The molecule has 2 rings (SSSR count). The Morgan fingerprint density at radius 1 is 1.13 bits per heavy atom. The second-order valence-corrected chi connectivity index (χ2v) is 9.39. The fourth-order valence-electron chi connectivity index (χ4n) is 3.70. The first-order chi connectivity index (χ1) is 18.2. The van der Waals surface area contributed by atoms with E-state index >= 15 is 0 Å². The molecule has 11 nitrogen and oxygen atoms in total. The van der Waals surface area contributed by atoms with E-state index in [1.807, 2.05) is 13.8 Å². The number of carbonyl (C=O) groups excluding carboxylic acids is 2. The van der Waals surface area contributed by atoms with Crippen LogP contribution in [-0.4, -0.2) is 46.4 Å². The molecule has 7 N–H and O–H groups in total. The lowest BCUT2D eigenvalue weighted by Crippen LogP contribution is -2.41. The summed E-state index contributed by atoms with van der Waals surface area (Å²) in [6, 6.07) is 2.31. The van der Waals surface area contributed by atoms with Gasteiger partial charge < -0.3 is 31.6 Å². The van der Waals surface area contributed by atoms with Crippen molar-refractivity contribution in [3.05, 3.63) is 52.7 Å². The van der Waals surface area contributed by atoms with Gasteiger partial charge in [-0.1, -0.05) is 26.0 Å². The second kappa shape index (κ2) is 13.6. The number of hydrogen-bond donors (Lipinski definition) is 5. The minimum atomic E-state index is -4.48. The molecule has 0 radical (unpaired) electrons. The van der Waals surface area contributed by atoms with Crippen molar-refractivity contribution in [2.45, 2.75) is 64.7 Å². The molecule has 0 aliphatic rings. The van der Waals surface area contributed by atoms with E-state index in [4.69, 9.17) is 15.9 Å². The van der Waals surface area contributed by atoms with E-state index in [0.717, 1.165) is 12.1 Å². The number of aliphatic carboxylic acids is 1. The number of halogens is 3. The summed E-state index contributed by atoms with van der Waals surface area (Å²) < 4.78 is 44.0. The average molecular weight is 555 g/mol. The minimum Gasteiger partial charge on any atom is -0.480 e. The quantitative estimate of drug-likeness (QED) is 0.142. The molecule has 0 unspecified atom stereocenters. The molecular weight excluding hydrogens is 521 g/mol. The summed E-state index contributed by atoms with van der Waals surface area (Å²) >= 11 is 0. The maximum Gasteiger partial charge on any atom is 0.416 e. The van der Waals surface area contributed by atoms with Gasteiger partial charge in [0.2, 0.25) is 11.8 Å². The molecule has 2 amide bonds. The zero-order valence-corrected chi connectivity index (χ0v) is 21.8. The number of hydrogen-bond acceptors (Lipinski definition) is 6. The molecule has 14 heteroatoms. The summed E-state index contributed by atoms with van der Waals surface area (Å²) in [4.78, 5) is 45.1. The average Bonchev–Trinajstić information content (AvgIpc) is 3.21. The number of carboxylic acids is 1. The number of nitrogens with two attached hydrogens (primary N) is 2. The van der Waals surface area contributed by atoms with Crippen molar-refractivity contribution in [3.63, 3.8) is 0 Å². The first-order valence-electron chi connectivity index (χ1n) is 12.2. The first-order valence-corrected chi connectivity index (χ1v) is 12.2. The van der Waals surface area contributed by atoms with Crippen LogP contribution in [-0.2, 0) is 22.2 Å². The molecule has 0 aliphatic heterocycles. The summed E-state index contributed by atoms with van der Waals surface area (Å²) in [5.74, 6) is -2.37. The molecule has 0 bridgehead atoms. The van der Waals surface area contributed by atoms with Crippen molar-refractivity contribution >= 4 is 23.7 Å². The third-order valence-electron chi connectivity index (χ3n) is 5.56. The van der Waals surface area contributed by atoms with Gasteiger partial charge in [0, 0.05) is 6.54 Å². The van der Waals surface area contributed by atoms with Gasteiger partial charge in [-0.05, 0) is 49.8 Å². The van der Waals surface area contributed by atoms with Gasteiger partial charge in [-0.15, -0.1) is 0 Å². The molecule has 1 heterocycles. The highest BCUT2D eigenvalue weighted by atomic mass is 19.4. The van der Waals surface area contributed by atoms with Crippen molar-refractivity contribution in [2.75, 3.05) is 6.54 Å². The van der Waals surface area contributed by atoms with Gasteiger partial charge in [-0.2, -0.15) is 13.2 Å². The summed E-state index contributed by atoms with van der Waals surface area (Å²) in [5.41, 5.74) is 9.93. The van der Waals surface area contributed by atoms with Gasteiger partial charge in [-0.3, -0.25) is 14.6 Å². The third-order valence-corrected chi connectivity index (χ3v) is 5.56. The molecule has 1 aromatic heterocycles. The van der Waals surface area contributed by atoms with Crippen molar-refractivity contribution in [1.82, 2.24) is 15.6 Å². The van der Waals surface area contributed by atoms with Crippen LogP contribution < -0.4 is 22.1 Å². The van der Waals surface area contributed by atoms with Crippen LogP contribution in [0.4, 0.5) is 13.2 Å². The molecule has 2 aromatic rings. The van der Waals surface area contributed by atoms with Gasteiger partial charge in [0.15, 0.2) is 11.7 Å². The number of alkyl halides is 3. The number of nitrogens with one attached hydrogen (secondary N) is 2. The lowest BCUT2D eigenvalue weighted by atomic mass is 10.0. The summed E-state index contributed by atoms with van der Waals surface area (Å²) in [6.45, 7) is 5.48. The zero-order chi connectivity index (χ0) is 29.3. The van der Waals surface area contributed by atoms with E-state index in [-0.39, 0.29) is 48.6 Å². The monoisotopic (exact) mass is 554 g/mol. The topological polar surface area (TPSA) is 186 Å². The molecular formula is C25H33F3N6O5. The summed E-state index contributed by atoms with van der Waals surface area (Å²) in [5, 5.41) is 14.6. The molecule has 0 spiro atoms. The van der Waals surface area contributed by atoms with Gasteiger partial charge in [-0.25, -0.2) is 9.78 Å². The van der Waals surface area contributed by atoms with Crippen LogP contribution in [0.2, 0.25) is 0 Å². The number of benzene rings is 1. The highest BCUT2D eigenvalue weighted by Crippen LogP contribution is 2.29. The predicted octanol–water partition coefficient (Wildman–Crippen LogP) is 2.68. The largest absolute Gasteiger partial charge is 0.480 e. The molecule has 2 atom stereocenters. The lowest BCUT2D eigenvalue weighted by Gasteiger charge is -2.18. The standard InChI is InChI=1S/C25H33F3N6O5/c1-13(2)11-18(32-19(35)12-15-6-8-16(9-7-15)25(26,27)28)22-34-20(14(3)39-22)21(36)33-17(23(37)38)5-4-10-31-24(29)30/h6-9,13,17-18H,4-5,10-12H2,1-3H3,(H,32,35)(H,33,36)(H,37,38)(H4,29,30,31)/t17-,18-/m0/s1. The molecule has 0 saturated heterocycles. The number of carbonyl (C=O) groups is 3. The van der Waals surface area contributed by atoms with E-state index in [9.17, 15) is 32.7 Å². The van der Waals surface area contributed by atoms with Crippen molar-refractivity contribution in [2.24, 2.45) is 22.4 Å². The van der Waals surface area contributed by atoms with E-state index in [1.54, 1.807) is 0 Å². The van der Waals surface area contributed by atoms with Crippen LogP contribution in [0.25, 0.3) is 0 Å². The number of oxazole rings is 1. The number of aliphatic imine (C=N–C) groups is 1. The molecule has 214 valence electrons. The Kier molecular flexibility index (Phi) is 10.9. The third kappa shape index (κ3) is 9.94. The van der Waals surface area contributed by atoms with Gasteiger partial charge in [0.1, 0.15) is 17.8 Å². The van der Waals surface area contributed by atoms with Crippen molar-refractivity contribution in [1.29, 1.82) is 0 Å². The van der Waals surface area contributed by atoms with E-state index in [1.165, 1.54) is 19.1 Å². The number of amides is 2. The molecule has 1 aromatic carbocycles. The molecule has 0 saturated carbocycles. The highest BCUT2D eigenvalue weighted by molar-refractivity contribution is 5.95. The maximum atomic E-state index is 12.8. The normalized spacial score (nSPS) is 13.0. The Morgan fingerprint density at radius 2 is 1.77 bits per heavy atom. The molecule has 0 fully saturated rings. The van der Waals surface area contributed by atoms with Gasteiger partial charge in [0.25, 0.3) is 5.91 Å². The van der Waals surface area contributed by atoms with E-state index < -0.39 is 41.6 Å². The Labute approximate surface area is 223 Å². The number of rotatable bonds is 13. The number of carboxylic acid groups (broad SMARTS) is 1. The number of aromatic nitrogens is 1. The SMILES string of the molecule is Cc1oc([C@H](CC(C)C)NC(=O)Cc2ccc(C(F)(F)F)cc2)nc1C(=O)N[C@@H](CCCN=C(N)N)C(=O)O. The van der Waals surface area contributed by atoms with Crippen molar-refractivity contribution < 1.29 is 37.1 Å². The predicted molar refractivity (Wildman–Crippen MR) is 136 cm³/mol. The zero-order valence-electron chi connectivity index (χ0n) is 21.8. The van der Waals surface area contributed by atoms with Gasteiger partial charge in [0.05, 0.1) is 12.0 Å². The van der Waals surface area contributed by atoms with Crippen LogP contribution in [0.3, 0.4) is 0 Å². The molecule has 39 heavy (non-hydrogen) atoms. The van der Waals surface area contributed by atoms with Crippen LogP contribution in [0.5, 0.6) is 0 Å². The molecule has 0 aliphatic carbocycles. The van der Waals surface area contributed by atoms with Crippen LogP contribution in [0.15, 0.2) is 33.7 Å². The van der Waals surface area contributed by atoms with E-state index in [0.29, 0.717) is 18.4 Å². The summed E-state index contributed by atoms with van der Waals surface area (Å²) in [6.07, 6.45) is -3.90. The number of nitrogens with zero attached hydrogens (tertiary/aromatic N) is 2. The Bertz CT molecular complexity index is 1170. The summed E-state index contributed by atoms with van der Waals surface area (Å²) in [7, 11) is 0. The fourth-order valence-corrected chi connectivity index (χ4v) is 3.70. The lowest BCUT2D eigenvalue weighted by molar-refractivity contribution is -0.139.